The van der Waals surface area contributed by atoms with Crippen molar-refractivity contribution < 1.29 is 35.9 Å². The van der Waals surface area contributed by atoms with E-state index in [0.29, 0.717) is 45.6 Å². The molecule has 0 radical (unpaired) electrons. The molecule has 2 atom stereocenters. The van der Waals surface area contributed by atoms with Crippen molar-refractivity contribution in [1.82, 2.24) is 10.2 Å². The maximum atomic E-state index is 13.6. The minimum Gasteiger partial charge on any atom is -0.489 e. The van der Waals surface area contributed by atoms with Crippen LogP contribution in [0.5, 0.6) is 5.75 Å². The van der Waals surface area contributed by atoms with E-state index in [-0.39, 0.29) is 22.7 Å². The van der Waals surface area contributed by atoms with E-state index in [4.69, 9.17) is 14.6 Å². The number of nitrogens with zero attached hydrogens (tertiary/aromatic N) is 1. The second kappa shape index (κ2) is 10.6. The third-order valence-corrected chi connectivity index (χ3v) is 7.94. The summed E-state index contributed by atoms with van der Waals surface area (Å²) >= 11 is 0. The highest BCUT2D eigenvalue weighted by Crippen LogP contribution is 2.35. The van der Waals surface area contributed by atoms with E-state index in [0.717, 1.165) is 17.7 Å². The first kappa shape index (κ1) is 27.4. The summed E-state index contributed by atoms with van der Waals surface area (Å²) in [6.07, 6.45) is -3.32. The number of hydrogen-bond donors (Lipinski definition) is 2. The highest BCUT2D eigenvalue weighted by atomic mass is 32.2. The summed E-state index contributed by atoms with van der Waals surface area (Å²) in [5.41, 5.74) is -0.903. The second-order valence-corrected chi connectivity index (χ2v) is 11.0. The summed E-state index contributed by atoms with van der Waals surface area (Å²) in [6.45, 7) is 3.55. The zero-order chi connectivity index (χ0) is 26.8. The van der Waals surface area contributed by atoms with Gasteiger partial charge in [-0.1, -0.05) is 18.2 Å². The molecule has 2 aliphatic heterocycles. The predicted octanol–water partition coefficient (Wildman–Crippen LogP) is 3.23. The Morgan fingerprint density at radius 1 is 1.19 bits per heavy atom. The van der Waals surface area contributed by atoms with Gasteiger partial charge in [-0.05, 0) is 62.1 Å². The first-order valence-electron chi connectivity index (χ1n) is 12.0. The van der Waals surface area contributed by atoms with E-state index >= 15 is 0 Å². The Kier molecular flexibility index (Phi) is 7.84. The lowest BCUT2D eigenvalue weighted by molar-refractivity contribution is -0.141. The van der Waals surface area contributed by atoms with Gasteiger partial charge >= 0.3 is 6.18 Å². The van der Waals surface area contributed by atoms with Crippen molar-refractivity contribution in [2.24, 2.45) is 5.14 Å². The monoisotopic (exact) mass is 541 g/mol. The van der Waals surface area contributed by atoms with Crippen molar-refractivity contribution in [1.29, 1.82) is 0 Å². The van der Waals surface area contributed by atoms with Crippen molar-refractivity contribution in [2.75, 3.05) is 26.3 Å². The van der Waals surface area contributed by atoms with Gasteiger partial charge in [0.05, 0.1) is 16.5 Å². The highest BCUT2D eigenvalue weighted by molar-refractivity contribution is 7.89. The van der Waals surface area contributed by atoms with E-state index in [1.807, 2.05) is 4.90 Å². The third-order valence-electron chi connectivity index (χ3n) is 7.01. The summed E-state index contributed by atoms with van der Waals surface area (Å²) in [5, 5.41) is 8.21. The van der Waals surface area contributed by atoms with Crippen LogP contribution in [-0.2, 0) is 25.7 Å². The molecule has 2 aromatic rings. The number of benzene rings is 2. The van der Waals surface area contributed by atoms with Gasteiger partial charge in [0.1, 0.15) is 17.4 Å². The molecule has 12 heteroatoms. The Bertz CT molecular complexity index is 1210. The van der Waals surface area contributed by atoms with Crippen LogP contribution < -0.4 is 15.2 Å². The van der Waals surface area contributed by atoms with Gasteiger partial charge < -0.3 is 14.8 Å². The lowest BCUT2D eigenvalue weighted by Gasteiger charge is -2.43. The van der Waals surface area contributed by atoms with Crippen LogP contribution in [0.3, 0.4) is 0 Å². The molecule has 1 unspecified atom stereocenters. The Balaban J connectivity index is 1.45. The fourth-order valence-electron chi connectivity index (χ4n) is 4.91. The number of nitrogens with two attached hydrogens (primary N) is 1. The quantitative estimate of drug-likeness (QED) is 0.557. The summed E-state index contributed by atoms with van der Waals surface area (Å²) in [6, 6.07) is 10.4. The van der Waals surface area contributed by atoms with Gasteiger partial charge in [0.25, 0.3) is 0 Å². The van der Waals surface area contributed by atoms with Gasteiger partial charge in [-0.3, -0.25) is 9.69 Å². The summed E-state index contributed by atoms with van der Waals surface area (Å²) in [7, 11) is -3.82. The first-order chi connectivity index (χ1) is 17.4. The molecule has 0 spiro atoms. The van der Waals surface area contributed by atoms with Crippen molar-refractivity contribution in [3.63, 3.8) is 0 Å². The number of hydrogen-bond acceptors (Lipinski definition) is 6. The van der Waals surface area contributed by atoms with Gasteiger partial charge in [0.15, 0.2) is 0 Å². The molecule has 0 bridgehead atoms. The van der Waals surface area contributed by atoms with Crippen LogP contribution in [0.1, 0.15) is 43.4 Å². The van der Waals surface area contributed by atoms with Crippen molar-refractivity contribution in [3.8, 4) is 5.75 Å². The zero-order valence-corrected chi connectivity index (χ0v) is 21.1. The van der Waals surface area contributed by atoms with Crippen molar-refractivity contribution in [3.05, 3.63) is 59.7 Å². The van der Waals surface area contributed by atoms with Crippen molar-refractivity contribution >= 4 is 15.9 Å². The molecule has 2 aliphatic rings. The molecular weight excluding hydrogens is 511 g/mol. The van der Waals surface area contributed by atoms with Crippen LogP contribution in [-0.4, -0.2) is 57.2 Å². The van der Waals surface area contributed by atoms with Crippen molar-refractivity contribution in [2.45, 2.75) is 54.9 Å². The number of sulfonamides is 1. The van der Waals surface area contributed by atoms with E-state index in [1.54, 1.807) is 19.1 Å². The Hall–Kier alpha value is -2.67. The molecule has 3 N–H and O–H groups in total. The maximum Gasteiger partial charge on any atom is 0.416 e. The zero-order valence-electron chi connectivity index (χ0n) is 20.3. The van der Waals surface area contributed by atoms with E-state index in [2.05, 4.69) is 5.32 Å². The Morgan fingerprint density at radius 3 is 2.49 bits per heavy atom. The van der Waals surface area contributed by atoms with Crippen LogP contribution in [0.15, 0.2) is 53.4 Å². The fourth-order valence-corrected chi connectivity index (χ4v) is 5.42. The lowest BCUT2D eigenvalue weighted by Crippen LogP contribution is -2.61. The molecule has 2 fully saturated rings. The number of nitrogens with one attached hydrogen (secondary N) is 1. The fraction of sp³-hybridized carbons (Fsp3) is 0.480. The summed E-state index contributed by atoms with van der Waals surface area (Å²) < 4.78 is 73.7. The molecule has 0 saturated carbocycles. The average molecular weight is 542 g/mol. The molecule has 202 valence electrons. The molecule has 2 aromatic carbocycles. The lowest BCUT2D eigenvalue weighted by atomic mass is 9.86. The normalized spacial score (nSPS) is 21.4. The van der Waals surface area contributed by atoms with Crippen LogP contribution >= 0.6 is 0 Å². The SMILES string of the molecule is C[C@H](NC(=O)C1(N2CCC(Oc3cccc(C(F)(F)F)c3)C2)CCOCC1)c1ccc(S(N)(=O)=O)cc1. The smallest absolute Gasteiger partial charge is 0.416 e. The van der Waals surface area contributed by atoms with Gasteiger partial charge in [-0.25, -0.2) is 13.6 Å². The van der Waals surface area contributed by atoms with Gasteiger partial charge in [0, 0.05) is 26.3 Å². The molecule has 2 heterocycles. The second-order valence-electron chi connectivity index (χ2n) is 9.45. The molecule has 2 saturated heterocycles. The molecule has 4 rings (SSSR count). The summed E-state index contributed by atoms with van der Waals surface area (Å²) in [4.78, 5) is 15.7. The van der Waals surface area contributed by atoms with Gasteiger partial charge in [-0.2, -0.15) is 13.2 Å². The number of likely N-dealkylation sites (tertiary alicyclic amines) is 1. The Labute approximate surface area is 214 Å². The van der Waals surface area contributed by atoms with E-state index in [1.165, 1.54) is 24.3 Å². The number of primary sulfonamides is 1. The first-order valence-corrected chi connectivity index (χ1v) is 13.5. The third kappa shape index (κ3) is 6.25. The number of halogens is 3. The molecule has 1 amide bonds. The standard InChI is InChI=1S/C25H30F3N3O5S/c1-17(18-5-7-22(8-6-18)37(29,33)34)30-23(32)24(10-13-35-14-11-24)31-12-9-21(16-31)36-20-4-2-3-19(15-20)25(26,27)28/h2-8,15,17,21H,9-14,16H2,1H3,(H,30,32)(H2,29,33,34)/t17-,21?/m0/s1. The van der Waals surface area contributed by atoms with Crippen LogP contribution in [0.2, 0.25) is 0 Å². The minimum absolute atomic E-state index is 0.0143. The number of ether oxygens (including phenoxy) is 2. The van der Waals surface area contributed by atoms with Gasteiger partial charge in [-0.15, -0.1) is 0 Å². The summed E-state index contributed by atoms with van der Waals surface area (Å²) in [5.74, 6) is -0.0396. The minimum atomic E-state index is -4.46. The van der Waals surface area contributed by atoms with Gasteiger partial charge in [0.2, 0.25) is 15.9 Å². The van der Waals surface area contributed by atoms with Crippen LogP contribution in [0.4, 0.5) is 13.2 Å². The molecule has 37 heavy (non-hydrogen) atoms. The molecule has 0 aliphatic carbocycles. The number of amides is 1. The molecule has 8 nitrogen and oxygen atoms in total. The van der Waals surface area contributed by atoms with Crippen LogP contribution in [0.25, 0.3) is 0 Å². The Morgan fingerprint density at radius 2 is 1.86 bits per heavy atom. The number of carbonyl (C=O) groups is 1. The number of rotatable bonds is 7. The maximum absolute atomic E-state index is 13.6. The van der Waals surface area contributed by atoms with E-state index < -0.39 is 33.3 Å². The highest BCUT2D eigenvalue weighted by Gasteiger charge is 2.48. The topological polar surface area (TPSA) is 111 Å². The number of alkyl halides is 3. The number of carbonyl (C=O) groups excluding carboxylic acids is 1. The van der Waals surface area contributed by atoms with Crippen LogP contribution in [0, 0.1) is 0 Å². The molecular formula is C25H30F3N3O5S. The molecule has 0 aromatic heterocycles. The largest absolute Gasteiger partial charge is 0.489 e. The average Bonchev–Trinajstić information content (AvgIpc) is 3.32. The predicted molar refractivity (Wildman–Crippen MR) is 129 cm³/mol. The van der Waals surface area contributed by atoms with E-state index in [9.17, 15) is 26.4 Å².